The van der Waals surface area contributed by atoms with Crippen molar-refractivity contribution in [1.29, 1.82) is 0 Å². The highest BCUT2D eigenvalue weighted by atomic mass is 16.5. The minimum atomic E-state index is 0.542. The van der Waals surface area contributed by atoms with E-state index < -0.39 is 0 Å². The molecule has 2 rings (SSSR count). The summed E-state index contributed by atoms with van der Waals surface area (Å²) in [6.45, 7) is 7.92. The van der Waals surface area contributed by atoms with Crippen LogP contribution in [0.15, 0.2) is 24.4 Å². The minimum Gasteiger partial charge on any atom is -0.379 e. The maximum Gasteiger partial charge on any atom is 0.0619 e. The van der Waals surface area contributed by atoms with Gasteiger partial charge in [0.1, 0.15) is 0 Å². The standard InChI is InChI=1S/C13H21N3O/c1-12-11-17-9-8-16(12)7-6-14-10-13-4-2-3-5-15-13/h2-5,12,14H,6-11H2,1H3. The molecule has 1 aliphatic rings. The van der Waals surface area contributed by atoms with Gasteiger partial charge in [0.15, 0.2) is 0 Å². The van der Waals surface area contributed by atoms with Crippen LogP contribution in [-0.4, -0.2) is 48.8 Å². The van der Waals surface area contributed by atoms with Gasteiger partial charge < -0.3 is 10.1 Å². The van der Waals surface area contributed by atoms with Crippen molar-refractivity contribution in [3.63, 3.8) is 0 Å². The fourth-order valence-corrected chi connectivity index (χ4v) is 2.04. The summed E-state index contributed by atoms with van der Waals surface area (Å²) in [6.07, 6.45) is 1.83. The van der Waals surface area contributed by atoms with Crippen LogP contribution in [0.3, 0.4) is 0 Å². The van der Waals surface area contributed by atoms with Crippen LogP contribution in [0.1, 0.15) is 12.6 Å². The Morgan fingerprint density at radius 1 is 1.53 bits per heavy atom. The first-order valence-corrected chi connectivity index (χ1v) is 6.28. The molecular formula is C13H21N3O. The first-order chi connectivity index (χ1) is 8.36. The lowest BCUT2D eigenvalue weighted by atomic mass is 10.2. The summed E-state index contributed by atoms with van der Waals surface area (Å²) in [5.74, 6) is 0. The molecular weight excluding hydrogens is 214 g/mol. The Hall–Kier alpha value is -0.970. The molecule has 0 aromatic carbocycles. The number of morpholine rings is 1. The summed E-state index contributed by atoms with van der Waals surface area (Å²) in [5, 5.41) is 3.42. The van der Waals surface area contributed by atoms with Crippen molar-refractivity contribution >= 4 is 0 Å². The van der Waals surface area contributed by atoms with Crippen molar-refractivity contribution in [2.75, 3.05) is 32.8 Å². The first kappa shape index (κ1) is 12.5. The van der Waals surface area contributed by atoms with Crippen LogP contribution < -0.4 is 5.32 Å². The van der Waals surface area contributed by atoms with E-state index in [1.807, 2.05) is 24.4 Å². The van der Waals surface area contributed by atoms with Crippen molar-refractivity contribution in [1.82, 2.24) is 15.2 Å². The third-order valence-electron chi connectivity index (χ3n) is 3.11. The van der Waals surface area contributed by atoms with Crippen molar-refractivity contribution < 1.29 is 4.74 Å². The van der Waals surface area contributed by atoms with Crippen LogP contribution in [0.2, 0.25) is 0 Å². The smallest absolute Gasteiger partial charge is 0.0619 e. The van der Waals surface area contributed by atoms with Gasteiger partial charge in [-0.1, -0.05) is 6.07 Å². The number of hydrogen-bond acceptors (Lipinski definition) is 4. The molecule has 0 bridgehead atoms. The van der Waals surface area contributed by atoms with Gasteiger partial charge in [0, 0.05) is 38.4 Å². The average molecular weight is 235 g/mol. The average Bonchev–Trinajstić information content (AvgIpc) is 2.38. The third kappa shape index (κ3) is 4.07. The Bertz CT molecular complexity index is 318. The van der Waals surface area contributed by atoms with Crippen molar-refractivity contribution in [3.8, 4) is 0 Å². The molecule has 94 valence electrons. The van der Waals surface area contributed by atoms with Crippen LogP contribution in [0.5, 0.6) is 0 Å². The SMILES string of the molecule is CC1COCCN1CCNCc1ccccn1. The van der Waals surface area contributed by atoms with Gasteiger partial charge in [-0.25, -0.2) is 0 Å². The second-order valence-corrected chi connectivity index (χ2v) is 4.46. The number of nitrogens with one attached hydrogen (secondary N) is 1. The molecule has 4 nitrogen and oxygen atoms in total. The molecule has 4 heteroatoms. The van der Waals surface area contributed by atoms with Gasteiger partial charge >= 0.3 is 0 Å². The maximum atomic E-state index is 5.42. The predicted octanol–water partition coefficient (Wildman–Crippen LogP) is 0.892. The fourth-order valence-electron chi connectivity index (χ4n) is 2.04. The Morgan fingerprint density at radius 2 is 2.47 bits per heavy atom. The molecule has 0 saturated carbocycles. The lowest BCUT2D eigenvalue weighted by Crippen LogP contribution is -2.46. The zero-order chi connectivity index (χ0) is 11.9. The number of aromatic nitrogens is 1. The molecule has 1 saturated heterocycles. The molecule has 1 unspecified atom stereocenters. The predicted molar refractivity (Wildman–Crippen MR) is 67.8 cm³/mol. The zero-order valence-electron chi connectivity index (χ0n) is 10.4. The lowest BCUT2D eigenvalue weighted by Gasteiger charge is -2.33. The molecule has 1 N–H and O–H groups in total. The summed E-state index contributed by atoms with van der Waals surface area (Å²) >= 11 is 0. The molecule has 17 heavy (non-hydrogen) atoms. The molecule has 1 aliphatic heterocycles. The van der Waals surface area contributed by atoms with Crippen LogP contribution in [0.4, 0.5) is 0 Å². The van der Waals surface area contributed by atoms with Gasteiger partial charge in [-0.15, -0.1) is 0 Å². The van der Waals surface area contributed by atoms with Gasteiger partial charge in [0.2, 0.25) is 0 Å². The van der Waals surface area contributed by atoms with E-state index in [1.54, 1.807) is 0 Å². The largest absolute Gasteiger partial charge is 0.379 e. The summed E-state index contributed by atoms with van der Waals surface area (Å²) in [6, 6.07) is 6.55. The summed E-state index contributed by atoms with van der Waals surface area (Å²) in [7, 11) is 0. The molecule has 1 aromatic heterocycles. The highest BCUT2D eigenvalue weighted by molar-refractivity contribution is 5.02. The molecule has 1 aromatic rings. The van der Waals surface area contributed by atoms with Crippen LogP contribution >= 0.6 is 0 Å². The van der Waals surface area contributed by atoms with Crippen molar-refractivity contribution in [2.24, 2.45) is 0 Å². The van der Waals surface area contributed by atoms with Crippen LogP contribution in [0, 0.1) is 0 Å². The number of ether oxygens (including phenoxy) is 1. The molecule has 0 amide bonds. The quantitative estimate of drug-likeness (QED) is 0.769. The van der Waals surface area contributed by atoms with E-state index in [0.717, 1.165) is 45.1 Å². The minimum absolute atomic E-state index is 0.542. The zero-order valence-corrected chi connectivity index (χ0v) is 10.4. The molecule has 0 radical (unpaired) electrons. The molecule has 1 atom stereocenters. The van der Waals surface area contributed by atoms with E-state index in [4.69, 9.17) is 4.74 Å². The normalized spacial score (nSPS) is 21.6. The number of hydrogen-bond donors (Lipinski definition) is 1. The first-order valence-electron chi connectivity index (χ1n) is 6.28. The summed E-state index contributed by atoms with van der Waals surface area (Å²) in [5.41, 5.74) is 1.10. The van der Waals surface area contributed by atoms with Crippen molar-refractivity contribution in [3.05, 3.63) is 30.1 Å². The summed E-state index contributed by atoms with van der Waals surface area (Å²) in [4.78, 5) is 6.75. The third-order valence-corrected chi connectivity index (χ3v) is 3.11. The second-order valence-electron chi connectivity index (χ2n) is 4.46. The Balaban J connectivity index is 1.63. The second kappa shape index (κ2) is 6.69. The molecule has 1 fully saturated rings. The number of nitrogens with zero attached hydrogens (tertiary/aromatic N) is 2. The van der Waals surface area contributed by atoms with E-state index in [0.29, 0.717) is 6.04 Å². The van der Waals surface area contributed by atoms with Crippen molar-refractivity contribution in [2.45, 2.75) is 19.5 Å². The van der Waals surface area contributed by atoms with Gasteiger partial charge in [0.05, 0.1) is 18.9 Å². The summed E-state index contributed by atoms with van der Waals surface area (Å²) < 4.78 is 5.42. The van der Waals surface area contributed by atoms with E-state index >= 15 is 0 Å². The van der Waals surface area contributed by atoms with Crippen LogP contribution in [0.25, 0.3) is 0 Å². The Morgan fingerprint density at radius 3 is 3.24 bits per heavy atom. The van der Waals surface area contributed by atoms with E-state index in [1.165, 1.54) is 0 Å². The van der Waals surface area contributed by atoms with E-state index in [-0.39, 0.29) is 0 Å². The van der Waals surface area contributed by atoms with Gasteiger partial charge in [-0.3, -0.25) is 9.88 Å². The molecule has 2 heterocycles. The Kier molecular flexibility index (Phi) is 4.91. The van der Waals surface area contributed by atoms with Crippen LogP contribution in [-0.2, 0) is 11.3 Å². The van der Waals surface area contributed by atoms with Gasteiger partial charge in [-0.05, 0) is 19.1 Å². The molecule has 0 aliphatic carbocycles. The highest BCUT2D eigenvalue weighted by Crippen LogP contribution is 2.04. The number of rotatable bonds is 5. The fraction of sp³-hybridized carbons (Fsp3) is 0.615. The monoisotopic (exact) mass is 235 g/mol. The topological polar surface area (TPSA) is 37.4 Å². The lowest BCUT2D eigenvalue weighted by molar-refractivity contribution is 0.000398. The molecule has 0 spiro atoms. The van der Waals surface area contributed by atoms with E-state index in [9.17, 15) is 0 Å². The Labute approximate surface area is 103 Å². The highest BCUT2D eigenvalue weighted by Gasteiger charge is 2.17. The van der Waals surface area contributed by atoms with Gasteiger partial charge in [0.25, 0.3) is 0 Å². The van der Waals surface area contributed by atoms with Gasteiger partial charge in [-0.2, -0.15) is 0 Å². The number of pyridine rings is 1. The maximum absolute atomic E-state index is 5.42. The van der Waals surface area contributed by atoms with E-state index in [2.05, 4.69) is 22.1 Å².